The van der Waals surface area contributed by atoms with E-state index >= 15 is 0 Å². The molecule has 0 radical (unpaired) electrons. The number of aromatic nitrogens is 6. The molecule has 10 nitrogen and oxygen atoms in total. The van der Waals surface area contributed by atoms with Crippen LogP contribution in [0.4, 0.5) is 18.9 Å². The van der Waals surface area contributed by atoms with Crippen molar-refractivity contribution in [3.63, 3.8) is 0 Å². The lowest BCUT2D eigenvalue weighted by Crippen LogP contribution is -2.46. The summed E-state index contributed by atoms with van der Waals surface area (Å²) in [5.41, 5.74) is 3.04. The van der Waals surface area contributed by atoms with Crippen molar-refractivity contribution in [2.75, 3.05) is 51.3 Å². The number of methoxy groups -OCH3 is 1. The van der Waals surface area contributed by atoms with E-state index < -0.39 is 17.5 Å². The van der Waals surface area contributed by atoms with Crippen molar-refractivity contribution in [3.8, 4) is 16.9 Å². The van der Waals surface area contributed by atoms with Gasteiger partial charge in [-0.05, 0) is 43.2 Å². The van der Waals surface area contributed by atoms with Gasteiger partial charge in [0.25, 0.3) is 0 Å². The average molecular weight is 581 g/mol. The molecule has 0 unspecified atom stereocenters. The number of aryl methyl sites for hydroxylation is 1. The van der Waals surface area contributed by atoms with Crippen molar-refractivity contribution >= 4 is 11.5 Å². The first kappa shape index (κ1) is 29.3. The van der Waals surface area contributed by atoms with E-state index in [1.165, 1.54) is 6.20 Å². The number of nitrogens with zero attached hydrogens (tertiary/aromatic N) is 8. The Labute approximate surface area is 241 Å². The summed E-state index contributed by atoms with van der Waals surface area (Å²) in [4.78, 5) is 30.1. The maximum Gasteiger partial charge on any atom is 0.416 e. The molecular weight excluding hydrogens is 549 g/mol. The number of ketones is 1. The van der Waals surface area contributed by atoms with E-state index in [4.69, 9.17) is 4.74 Å². The monoisotopic (exact) mass is 580 g/mol. The summed E-state index contributed by atoms with van der Waals surface area (Å²) in [5, 5.41) is 8.61. The van der Waals surface area contributed by atoms with Gasteiger partial charge in [0.15, 0.2) is 5.78 Å². The van der Waals surface area contributed by atoms with Gasteiger partial charge in [0.05, 0.1) is 35.0 Å². The van der Waals surface area contributed by atoms with Gasteiger partial charge < -0.3 is 9.64 Å². The van der Waals surface area contributed by atoms with Crippen molar-refractivity contribution in [1.29, 1.82) is 0 Å². The number of anilines is 1. The maximum absolute atomic E-state index is 13.1. The molecule has 0 aliphatic carbocycles. The highest BCUT2D eigenvalue weighted by Gasteiger charge is 2.31. The molecule has 0 spiro atoms. The van der Waals surface area contributed by atoms with Crippen LogP contribution in [-0.2, 0) is 17.3 Å². The van der Waals surface area contributed by atoms with Crippen LogP contribution in [0.3, 0.4) is 0 Å². The van der Waals surface area contributed by atoms with Gasteiger partial charge in [-0.3, -0.25) is 24.6 Å². The minimum absolute atomic E-state index is 0.165. The Morgan fingerprint density at radius 1 is 1.05 bits per heavy atom. The third-order valence-electron chi connectivity index (χ3n) is 7.17. The highest BCUT2D eigenvalue weighted by Crippen LogP contribution is 2.29. The van der Waals surface area contributed by atoms with Gasteiger partial charge in [0, 0.05) is 77.0 Å². The van der Waals surface area contributed by atoms with Crippen molar-refractivity contribution in [2.24, 2.45) is 0 Å². The van der Waals surface area contributed by atoms with Gasteiger partial charge in [-0.25, -0.2) is 4.68 Å². The molecule has 4 aromatic rings. The van der Waals surface area contributed by atoms with Crippen LogP contribution in [0, 0.1) is 6.92 Å². The molecule has 1 aliphatic rings. The Morgan fingerprint density at radius 2 is 1.86 bits per heavy atom. The highest BCUT2D eigenvalue weighted by atomic mass is 19.4. The van der Waals surface area contributed by atoms with E-state index in [2.05, 4.69) is 35.1 Å². The minimum Gasteiger partial charge on any atom is -0.385 e. The zero-order valence-electron chi connectivity index (χ0n) is 23.4. The number of hydrogen-bond acceptors (Lipinski definition) is 9. The molecule has 4 aromatic heterocycles. The zero-order valence-corrected chi connectivity index (χ0v) is 23.4. The molecule has 5 heterocycles. The van der Waals surface area contributed by atoms with Crippen LogP contribution >= 0.6 is 0 Å². The number of hydrogen-bond donors (Lipinski definition) is 0. The van der Waals surface area contributed by atoms with Gasteiger partial charge in [-0.2, -0.15) is 13.2 Å². The Bertz CT molecular complexity index is 1530. The fourth-order valence-electron chi connectivity index (χ4n) is 4.84. The number of pyridine rings is 3. The van der Waals surface area contributed by atoms with Crippen LogP contribution in [0.2, 0.25) is 0 Å². The van der Waals surface area contributed by atoms with Crippen molar-refractivity contribution < 1.29 is 22.7 Å². The Kier molecular flexibility index (Phi) is 8.88. The number of carbonyl (C=O) groups excluding carboxylic acids is 1. The third kappa shape index (κ3) is 6.97. The number of ether oxygens (including phenoxy) is 1. The summed E-state index contributed by atoms with van der Waals surface area (Å²) >= 11 is 0. The molecule has 1 saturated heterocycles. The first-order chi connectivity index (χ1) is 20.2. The van der Waals surface area contributed by atoms with Crippen LogP contribution in [-0.4, -0.2) is 87.1 Å². The zero-order chi connectivity index (χ0) is 29.7. The topological polar surface area (TPSA) is 102 Å². The van der Waals surface area contributed by atoms with E-state index in [0.29, 0.717) is 22.6 Å². The number of rotatable bonds is 10. The standard InChI is InChI=1S/C29H31F3N8O2/c1-20-27(12-21(16-35-20)13-28(41)25-15-23(4-5-34-25)29(30,31)32)40-19-26(36-37-40)22-14-24(18-33-17-22)39-9-7-38(8-10-39)6-3-11-42-2/h4-5,12,14-19H,3,6-11,13H2,1-2H3. The second-order valence-electron chi connectivity index (χ2n) is 10.1. The Hall–Kier alpha value is -4.23. The third-order valence-corrected chi connectivity index (χ3v) is 7.17. The van der Waals surface area contributed by atoms with Crippen LogP contribution in [0.1, 0.15) is 33.7 Å². The summed E-state index contributed by atoms with van der Waals surface area (Å²) < 4.78 is 45.9. The molecule has 0 bridgehead atoms. The lowest BCUT2D eigenvalue weighted by molar-refractivity contribution is -0.137. The summed E-state index contributed by atoms with van der Waals surface area (Å²) in [5.74, 6) is -0.546. The summed E-state index contributed by atoms with van der Waals surface area (Å²) in [6.07, 6.45) is 4.15. The molecular formula is C29H31F3N8O2. The first-order valence-electron chi connectivity index (χ1n) is 13.6. The summed E-state index contributed by atoms with van der Waals surface area (Å²) in [6.45, 7) is 7.33. The summed E-state index contributed by atoms with van der Waals surface area (Å²) in [6, 6.07) is 5.37. The van der Waals surface area contributed by atoms with E-state index in [1.807, 2.05) is 12.3 Å². The molecule has 13 heteroatoms. The second-order valence-corrected chi connectivity index (χ2v) is 10.1. The maximum atomic E-state index is 13.1. The minimum atomic E-state index is -4.56. The number of carbonyl (C=O) groups is 1. The predicted molar refractivity (Wildman–Crippen MR) is 150 cm³/mol. The molecule has 220 valence electrons. The van der Waals surface area contributed by atoms with Crippen molar-refractivity contribution in [3.05, 3.63) is 77.8 Å². The molecule has 0 aromatic carbocycles. The predicted octanol–water partition coefficient (Wildman–Crippen LogP) is 4.03. The number of piperazine rings is 1. The number of Topliss-reactive ketones (excluding diaryl/α,β-unsaturated/α-hetero) is 1. The van der Waals surface area contributed by atoms with Gasteiger partial charge in [-0.15, -0.1) is 5.10 Å². The number of alkyl halides is 3. The molecule has 5 rings (SSSR count). The fourth-order valence-corrected chi connectivity index (χ4v) is 4.84. The fraction of sp³-hybridized carbons (Fsp3) is 0.379. The second kappa shape index (κ2) is 12.7. The smallest absolute Gasteiger partial charge is 0.385 e. The van der Waals surface area contributed by atoms with Crippen LogP contribution in [0.15, 0.2) is 55.2 Å². The van der Waals surface area contributed by atoms with Crippen LogP contribution in [0.5, 0.6) is 0 Å². The quantitative estimate of drug-likeness (QED) is 0.203. The molecule has 0 atom stereocenters. The van der Waals surface area contributed by atoms with E-state index in [1.54, 1.807) is 37.2 Å². The van der Waals surface area contributed by atoms with E-state index in [0.717, 1.165) is 75.3 Å². The van der Waals surface area contributed by atoms with Crippen molar-refractivity contribution in [2.45, 2.75) is 25.9 Å². The molecule has 42 heavy (non-hydrogen) atoms. The normalized spacial score (nSPS) is 14.4. The lowest BCUT2D eigenvalue weighted by Gasteiger charge is -2.36. The lowest BCUT2D eigenvalue weighted by atomic mass is 10.1. The summed E-state index contributed by atoms with van der Waals surface area (Å²) in [7, 11) is 1.72. The molecule has 1 aliphatic heterocycles. The largest absolute Gasteiger partial charge is 0.416 e. The Balaban J connectivity index is 1.28. The SMILES string of the molecule is COCCCN1CCN(c2cncc(-c3cn(-c4cc(CC(=O)c5cc(C(F)(F)F)ccn5)cnc4C)nn3)c2)CC1. The van der Waals surface area contributed by atoms with Crippen LogP contribution in [0.25, 0.3) is 16.9 Å². The average Bonchev–Trinajstić information content (AvgIpc) is 3.49. The van der Waals surface area contributed by atoms with Gasteiger partial charge >= 0.3 is 6.18 Å². The molecule has 0 amide bonds. The van der Waals surface area contributed by atoms with E-state index in [-0.39, 0.29) is 12.1 Å². The Morgan fingerprint density at radius 3 is 2.62 bits per heavy atom. The van der Waals surface area contributed by atoms with Gasteiger partial charge in [0.2, 0.25) is 0 Å². The van der Waals surface area contributed by atoms with E-state index in [9.17, 15) is 18.0 Å². The van der Waals surface area contributed by atoms with Crippen molar-refractivity contribution in [1.82, 2.24) is 34.8 Å². The highest BCUT2D eigenvalue weighted by molar-refractivity contribution is 5.95. The van der Waals surface area contributed by atoms with Gasteiger partial charge in [0.1, 0.15) is 11.4 Å². The van der Waals surface area contributed by atoms with Gasteiger partial charge in [-0.1, -0.05) is 5.21 Å². The first-order valence-corrected chi connectivity index (χ1v) is 13.6. The number of halogens is 3. The molecule has 0 saturated carbocycles. The molecule has 0 N–H and O–H groups in total. The van der Waals surface area contributed by atoms with Crippen LogP contribution < -0.4 is 4.90 Å². The molecule has 1 fully saturated rings.